The number of nitrogen functional groups attached to an aromatic ring is 1. The molecule has 0 unspecified atom stereocenters. The zero-order valence-corrected chi connectivity index (χ0v) is 9.83. The Morgan fingerprint density at radius 2 is 2.00 bits per heavy atom. The fourth-order valence-electron chi connectivity index (χ4n) is 1.27. The zero-order chi connectivity index (χ0) is 12.6. The molecule has 2 nitrogen and oxygen atoms in total. The molecule has 7 heteroatoms. The van der Waals surface area contributed by atoms with Crippen LogP contribution in [-0.2, 0) is 6.18 Å². The number of benzene rings is 1. The molecule has 0 aliphatic heterocycles. The number of thiazole rings is 1. The lowest BCUT2D eigenvalue weighted by molar-refractivity contribution is -0.137. The number of halogens is 4. The molecule has 17 heavy (non-hydrogen) atoms. The molecule has 0 amide bonds. The van der Waals surface area contributed by atoms with Crippen molar-refractivity contribution in [1.29, 1.82) is 0 Å². The summed E-state index contributed by atoms with van der Waals surface area (Å²) < 4.78 is 37.2. The van der Waals surface area contributed by atoms with Crippen LogP contribution in [0.4, 0.5) is 18.9 Å². The Bertz CT molecular complexity index is 551. The predicted octanol–water partition coefficient (Wildman–Crippen LogP) is 4.06. The van der Waals surface area contributed by atoms with Gasteiger partial charge in [-0.2, -0.15) is 13.2 Å². The van der Waals surface area contributed by atoms with Crippen LogP contribution in [0.5, 0.6) is 0 Å². The molecule has 0 saturated carbocycles. The van der Waals surface area contributed by atoms with E-state index in [-0.39, 0.29) is 0 Å². The average molecular weight is 279 g/mol. The number of hydrogen-bond acceptors (Lipinski definition) is 3. The van der Waals surface area contributed by atoms with Crippen LogP contribution in [0, 0.1) is 0 Å². The van der Waals surface area contributed by atoms with Crippen LogP contribution < -0.4 is 5.73 Å². The van der Waals surface area contributed by atoms with Crippen LogP contribution in [0.2, 0.25) is 5.02 Å². The lowest BCUT2D eigenvalue weighted by Crippen LogP contribution is -2.02. The van der Waals surface area contributed by atoms with E-state index in [1.165, 1.54) is 6.07 Å². The minimum absolute atomic E-state index is 0.345. The van der Waals surface area contributed by atoms with Gasteiger partial charge in [0.1, 0.15) is 0 Å². The molecule has 0 aliphatic rings. The summed E-state index contributed by atoms with van der Waals surface area (Å²) in [6, 6.07) is 4.64. The quantitative estimate of drug-likeness (QED) is 0.799. The van der Waals surface area contributed by atoms with Crippen molar-refractivity contribution in [2.45, 2.75) is 6.18 Å². The maximum absolute atomic E-state index is 12.4. The standard InChI is InChI=1S/C10H6ClF3N2S/c11-5-1-2-7(15)6(3-5)8-4-16-9(17-8)10(12,13)14/h1-4H,15H2. The molecule has 2 rings (SSSR count). The highest BCUT2D eigenvalue weighted by Crippen LogP contribution is 2.38. The molecular weight excluding hydrogens is 273 g/mol. The Morgan fingerprint density at radius 3 is 2.59 bits per heavy atom. The first kappa shape index (κ1) is 12.2. The van der Waals surface area contributed by atoms with Gasteiger partial charge in [0, 0.05) is 22.5 Å². The van der Waals surface area contributed by atoms with Gasteiger partial charge in [-0.05, 0) is 18.2 Å². The van der Waals surface area contributed by atoms with Gasteiger partial charge < -0.3 is 5.73 Å². The van der Waals surface area contributed by atoms with Crippen LogP contribution in [0.25, 0.3) is 10.4 Å². The van der Waals surface area contributed by atoms with E-state index in [4.69, 9.17) is 17.3 Å². The van der Waals surface area contributed by atoms with Gasteiger partial charge in [0.25, 0.3) is 0 Å². The van der Waals surface area contributed by atoms with Crippen molar-refractivity contribution < 1.29 is 13.2 Å². The van der Waals surface area contributed by atoms with Crippen molar-refractivity contribution in [3.8, 4) is 10.4 Å². The first-order chi connectivity index (χ1) is 7.88. The Hall–Kier alpha value is -1.27. The van der Waals surface area contributed by atoms with Crippen LogP contribution >= 0.6 is 22.9 Å². The Balaban J connectivity index is 2.47. The summed E-state index contributed by atoms with van der Waals surface area (Å²) in [6.07, 6.45) is -3.29. The third-order valence-electron chi connectivity index (χ3n) is 2.03. The highest BCUT2D eigenvalue weighted by atomic mass is 35.5. The molecule has 0 saturated heterocycles. The Labute approximate surface area is 104 Å². The van der Waals surface area contributed by atoms with Gasteiger partial charge in [-0.25, -0.2) is 4.98 Å². The first-order valence-electron chi connectivity index (χ1n) is 4.46. The third kappa shape index (κ3) is 2.53. The van der Waals surface area contributed by atoms with Crippen LogP contribution in [-0.4, -0.2) is 4.98 Å². The summed E-state index contributed by atoms with van der Waals surface area (Å²) in [5, 5.41) is -0.483. The highest BCUT2D eigenvalue weighted by Gasteiger charge is 2.34. The normalized spacial score (nSPS) is 11.8. The second kappa shape index (κ2) is 4.19. The summed E-state index contributed by atoms with van der Waals surface area (Å²) in [6.45, 7) is 0. The molecule has 0 bridgehead atoms. The van der Waals surface area contributed by atoms with Crippen molar-refractivity contribution in [3.63, 3.8) is 0 Å². The van der Waals surface area contributed by atoms with Gasteiger partial charge in [-0.3, -0.25) is 0 Å². The van der Waals surface area contributed by atoms with Crippen molar-refractivity contribution in [2.24, 2.45) is 0 Å². The molecule has 0 aliphatic carbocycles. The maximum Gasteiger partial charge on any atom is 0.443 e. The topological polar surface area (TPSA) is 38.9 Å². The van der Waals surface area contributed by atoms with E-state index in [0.717, 1.165) is 6.20 Å². The minimum atomic E-state index is -4.43. The van der Waals surface area contributed by atoms with E-state index in [9.17, 15) is 13.2 Å². The monoisotopic (exact) mass is 278 g/mol. The molecule has 90 valence electrons. The molecule has 0 fully saturated rings. The van der Waals surface area contributed by atoms with E-state index >= 15 is 0 Å². The van der Waals surface area contributed by atoms with E-state index in [0.29, 0.717) is 32.5 Å². The van der Waals surface area contributed by atoms with Gasteiger partial charge in [0.2, 0.25) is 0 Å². The SMILES string of the molecule is Nc1ccc(Cl)cc1-c1cnc(C(F)(F)F)s1. The molecule has 2 aromatic rings. The number of rotatable bonds is 1. The van der Waals surface area contributed by atoms with E-state index in [2.05, 4.69) is 4.98 Å². The Morgan fingerprint density at radius 1 is 1.29 bits per heavy atom. The lowest BCUT2D eigenvalue weighted by Gasteiger charge is -2.03. The molecule has 0 spiro atoms. The number of aromatic nitrogens is 1. The van der Waals surface area contributed by atoms with Gasteiger partial charge in [0.05, 0.1) is 4.88 Å². The van der Waals surface area contributed by atoms with Crippen molar-refractivity contribution >= 4 is 28.6 Å². The average Bonchev–Trinajstić information content (AvgIpc) is 2.70. The summed E-state index contributed by atoms with van der Waals surface area (Å²) in [5.41, 5.74) is 6.51. The lowest BCUT2D eigenvalue weighted by atomic mass is 10.1. The van der Waals surface area contributed by atoms with Crippen molar-refractivity contribution in [1.82, 2.24) is 4.98 Å². The summed E-state index contributed by atoms with van der Waals surface area (Å²) in [4.78, 5) is 3.67. The number of nitrogens with two attached hydrogens (primary N) is 1. The molecule has 1 heterocycles. The van der Waals surface area contributed by atoms with Gasteiger partial charge >= 0.3 is 6.18 Å². The second-order valence-electron chi connectivity index (χ2n) is 3.26. The largest absolute Gasteiger partial charge is 0.443 e. The van der Waals surface area contributed by atoms with Gasteiger partial charge in [0.15, 0.2) is 5.01 Å². The van der Waals surface area contributed by atoms with Crippen molar-refractivity contribution in [3.05, 3.63) is 34.4 Å². The summed E-state index contributed by atoms with van der Waals surface area (Å²) >= 11 is 6.31. The molecule has 0 radical (unpaired) electrons. The molecular formula is C10H6ClF3N2S. The number of nitrogens with zero attached hydrogens (tertiary/aromatic N) is 1. The fraction of sp³-hybridized carbons (Fsp3) is 0.100. The van der Waals surface area contributed by atoms with Gasteiger partial charge in [-0.1, -0.05) is 11.6 Å². The predicted molar refractivity (Wildman–Crippen MR) is 62.0 cm³/mol. The number of anilines is 1. The Kier molecular flexibility index (Phi) is 3.01. The number of hydrogen-bond donors (Lipinski definition) is 1. The highest BCUT2D eigenvalue weighted by molar-refractivity contribution is 7.15. The second-order valence-corrected chi connectivity index (χ2v) is 4.73. The maximum atomic E-state index is 12.4. The van der Waals surface area contributed by atoms with Crippen LogP contribution in [0.15, 0.2) is 24.4 Å². The van der Waals surface area contributed by atoms with Crippen molar-refractivity contribution in [2.75, 3.05) is 5.73 Å². The van der Waals surface area contributed by atoms with E-state index in [1.54, 1.807) is 12.1 Å². The smallest absolute Gasteiger partial charge is 0.398 e. The minimum Gasteiger partial charge on any atom is -0.398 e. The number of alkyl halides is 3. The molecule has 1 aromatic carbocycles. The molecule has 0 atom stereocenters. The zero-order valence-electron chi connectivity index (χ0n) is 8.25. The molecule has 2 N–H and O–H groups in total. The van der Waals surface area contributed by atoms with E-state index in [1.807, 2.05) is 0 Å². The van der Waals surface area contributed by atoms with Crippen LogP contribution in [0.3, 0.4) is 0 Å². The van der Waals surface area contributed by atoms with Gasteiger partial charge in [-0.15, -0.1) is 11.3 Å². The van der Waals surface area contributed by atoms with E-state index < -0.39 is 11.2 Å². The van der Waals surface area contributed by atoms with Crippen LogP contribution in [0.1, 0.15) is 5.01 Å². The molecule has 1 aromatic heterocycles. The third-order valence-corrected chi connectivity index (χ3v) is 3.34. The fourth-order valence-corrected chi connectivity index (χ4v) is 2.27. The summed E-state index contributed by atoms with van der Waals surface area (Å²) in [7, 11) is 0. The summed E-state index contributed by atoms with van der Waals surface area (Å²) in [5.74, 6) is 0. The first-order valence-corrected chi connectivity index (χ1v) is 5.66.